The topological polar surface area (TPSA) is 55.1 Å². The molecular formula is C14H21ClN2O. The monoisotopic (exact) mass is 268 g/mol. The first-order chi connectivity index (χ1) is 8.13. The van der Waals surface area contributed by atoms with E-state index in [0.717, 1.165) is 5.56 Å². The van der Waals surface area contributed by atoms with Gasteiger partial charge in [-0.1, -0.05) is 37.6 Å². The van der Waals surface area contributed by atoms with E-state index in [4.69, 9.17) is 17.3 Å². The molecule has 0 saturated heterocycles. The van der Waals surface area contributed by atoms with Gasteiger partial charge in [-0.3, -0.25) is 4.79 Å². The number of nitrogens with two attached hydrogens (primary N) is 1. The Kier molecular flexibility index (Phi) is 4.41. The van der Waals surface area contributed by atoms with Gasteiger partial charge in [-0.25, -0.2) is 0 Å². The minimum absolute atomic E-state index is 0.149. The summed E-state index contributed by atoms with van der Waals surface area (Å²) in [7, 11) is 0. The van der Waals surface area contributed by atoms with E-state index < -0.39 is 5.54 Å². The number of hydrogen-bond donors (Lipinski definition) is 2. The maximum atomic E-state index is 11.7. The van der Waals surface area contributed by atoms with Gasteiger partial charge < -0.3 is 11.1 Å². The van der Waals surface area contributed by atoms with Crippen LogP contribution in [0.15, 0.2) is 24.3 Å². The lowest BCUT2D eigenvalue weighted by atomic mass is 9.84. The van der Waals surface area contributed by atoms with Gasteiger partial charge in [0.05, 0.1) is 5.54 Å². The molecule has 0 radical (unpaired) electrons. The van der Waals surface area contributed by atoms with E-state index in [1.807, 2.05) is 24.3 Å². The summed E-state index contributed by atoms with van der Waals surface area (Å²) >= 11 is 5.86. The highest BCUT2D eigenvalue weighted by atomic mass is 35.5. The van der Waals surface area contributed by atoms with Crippen LogP contribution >= 0.6 is 11.6 Å². The highest BCUT2D eigenvalue weighted by Gasteiger charge is 2.26. The number of halogens is 1. The van der Waals surface area contributed by atoms with Gasteiger partial charge in [-0.15, -0.1) is 0 Å². The summed E-state index contributed by atoms with van der Waals surface area (Å²) in [6.07, 6.45) is 0. The highest BCUT2D eigenvalue weighted by Crippen LogP contribution is 2.23. The third-order valence-corrected chi connectivity index (χ3v) is 3.15. The number of nitrogens with one attached hydrogen (secondary N) is 1. The lowest BCUT2D eigenvalue weighted by Gasteiger charge is -2.28. The van der Waals surface area contributed by atoms with Crippen molar-refractivity contribution in [1.82, 2.24) is 5.32 Å². The predicted molar refractivity (Wildman–Crippen MR) is 75.8 cm³/mol. The van der Waals surface area contributed by atoms with Crippen LogP contribution in [0.25, 0.3) is 0 Å². The lowest BCUT2D eigenvalue weighted by Crippen LogP contribution is -2.51. The zero-order chi connectivity index (χ0) is 14.0. The summed E-state index contributed by atoms with van der Waals surface area (Å²) in [6, 6.07) is 7.66. The standard InChI is InChI=1S/C14H21ClN2O/c1-13(2,9-17-12(18)14(3,4)16)10-5-7-11(15)8-6-10/h5-8H,9,16H2,1-4H3,(H,17,18). The quantitative estimate of drug-likeness (QED) is 0.881. The van der Waals surface area contributed by atoms with Gasteiger partial charge in [-0.2, -0.15) is 0 Å². The molecule has 3 N–H and O–H groups in total. The van der Waals surface area contributed by atoms with Crippen molar-refractivity contribution in [3.05, 3.63) is 34.9 Å². The minimum atomic E-state index is -0.851. The van der Waals surface area contributed by atoms with Gasteiger partial charge in [0.15, 0.2) is 0 Å². The number of carbonyl (C=O) groups is 1. The van der Waals surface area contributed by atoms with E-state index >= 15 is 0 Å². The van der Waals surface area contributed by atoms with E-state index in [2.05, 4.69) is 19.2 Å². The van der Waals surface area contributed by atoms with Crippen LogP contribution in [0.1, 0.15) is 33.3 Å². The Morgan fingerprint density at radius 2 is 1.72 bits per heavy atom. The average Bonchev–Trinajstić information content (AvgIpc) is 2.25. The maximum absolute atomic E-state index is 11.7. The van der Waals surface area contributed by atoms with Gasteiger partial charge in [-0.05, 0) is 31.5 Å². The average molecular weight is 269 g/mol. The van der Waals surface area contributed by atoms with E-state index in [1.54, 1.807) is 13.8 Å². The molecule has 3 nitrogen and oxygen atoms in total. The fraction of sp³-hybridized carbons (Fsp3) is 0.500. The molecule has 1 amide bonds. The lowest BCUT2D eigenvalue weighted by molar-refractivity contribution is -0.125. The van der Waals surface area contributed by atoms with Gasteiger partial charge in [0.2, 0.25) is 5.91 Å². The Balaban J connectivity index is 2.71. The second kappa shape index (κ2) is 5.29. The predicted octanol–water partition coefficient (Wildman–Crippen LogP) is 2.47. The molecule has 100 valence electrons. The fourth-order valence-corrected chi connectivity index (χ4v) is 1.66. The van der Waals surface area contributed by atoms with Crippen LogP contribution in [0.4, 0.5) is 0 Å². The van der Waals surface area contributed by atoms with Crippen molar-refractivity contribution in [2.75, 3.05) is 6.54 Å². The molecule has 18 heavy (non-hydrogen) atoms. The molecule has 0 atom stereocenters. The van der Waals surface area contributed by atoms with Crippen molar-refractivity contribution in [3.63, 3.8) is 0 Å². The smallest absolute Gasteiger partial charge is 0.239 e. The first-order valence-corrected chi connectivity index (χ1v) is 6.34. The molecule has 0 saturated carbocycles. The Morgan fingerprint density at radius 1 is 1.22 bits per heavy atom. The van der Waals surface area contributed by atoms with E-state index in [1.165, 1.54) is 0 Å². The molecule has 0 unspecified atom stereocenters. The summed E-state index contributed by atoms with van der Waals surface area (Å²) in [5.74, 6) is -0.149. The Morgan fingerprint density at radius 3 is 2.17 bits per heavy atom. The van der Waals surface area contributed by atoms with Crippen LogP contribution in [0, 0.1) is 0 Å². The third-order valence-electron chi connectivity index (χ3n) is 2.90. The Hall–Kier alpha value is -1.06. The second-order valence-electron chi connectivity index (χ2n) is 5.80. The molecule has 1 aromatic rings. The van der Waals surface area contributed by atoms with Crippen LogP contribution in [0.2, 0.25) is 5.02 Å². The SMILES string of the molecule is CC(C)(N)C(=O)NCC(C)(C)c1ccc(Cl)cc1. The van der Waals surface area contributed by atoms with E-state index in [0.29, 0.717) is 11.6 Å². The van der Waals surface area contributed by atoms with E-state index in [-0.39, 0.29) is 11.3 Å². The van der Waals surface area contributed by atoms with Gasteiger partial charge in [0.25, 0.3) is 0 Å². The number of hydrogen-bond acceptors (Lipinski definition) is 2. The van der Waals surface area contributed by atoms with Gasteiger partial charge in [0, 0.05) is 17.0 Å². The minimum Gasteiger partial charge on any atom is -0.354 e. The van der Waals surface area contributed by atoms with Crippen LogP contribution in [-0.2, 0) is 10.2 Å². The molecule has 0 heterocycles. The molecule has 0 aliphatic rings. The highest BCUT2D eigenvalue weighted by molar-refractivity contribution is 6.30. The molecule has 0 spiro atoms. The van der Waals surface area contributed by atoms with Crippen molar-refractivity contribution in [2.45, 2.75) is 38.6 Å². The summed E-state index contributed by atoms with van der Waals surface area (Å²) < 4.78 is 0. The number of benzene rings is 1. The van der Waals surface area contributed by atoms with Crippen molar-refractivity contribution in [3.8, 4) is 0 Å². The second-order valence-corrected chi connectivity index (χ2v) is 6.23. The van der Waals surface area contributed by atoms with E-state index in [9.17, 15) is 4.79 Å². The molecule has 0 aliphatic heterocycles. The third kappa shape index (κ3) is 4.00. The van der Waals surface area contributed by atoms with Gasteiger partial charge >= 0.3 is 0 Å². The van der Waals surface area contributed by atoms with Crippen LogP contribution in [0.5, 0.6) is 0 Å². The first-order valence-electron chi connectivity index (χ1n) is 5.96. The largest absolute Gasteiger partial charge is 0.354 e. The molecule has 0 aromatic heterocycles. The van der Waals surface area contributed by atoms with Crippen molar-refractivity contribution >= 4 is 17.5 Å². The summed E-state index contributed by atoms with van der Waals surface area (Å²) in [5.41, 5.74) is 5.85. The van der Waals surface area contributed by atoms with Crippen molar-refractivity contribution in [2.24, 2.45) is 5.73 Å². The summed E-state index contributed by atoms with van der Waals surface area (Å²) in [5, 5.41) is 3.59. The van der Waals surface area contributed by atoms with Gasteiger partial charge in [0.1, 0.15) is 0 Å². The normalized spacial score (nSPS) is 12.3. The van der Waals surface area contributed by atoms with Crippen molar-refractivity contribution in [1.29, 1.82) is 0 Å². The van der Waals surface area contributed by atoms with Crippen LogP contribution in [0.3, 0.4) is 0 Å². The Labute approximate surface area is 114 Å². The molecule has 0 fully saturated rings. The zero-order valence-electron chi connectivity index (χ0n) is 11.4. The van der Waals surface area contributed by atoms with Crippen LogP contribution in [-0.4, -0.2) is 18.0 Å². The molecule has 0 aliphatic carbocycles. The number of carbonyl (C=O) groups excluding carboxylic acids is 1. The molecule has 0 bridgehead atoms. The molecule has 1 rings (SSSR count). The van der Waals surface area contributed by atoms with Crippen LogP contribution < -0.4 is 11.1 Å². The zero-order valence-corrected chi connectivity index (χ0v) is 12.1. The summed E-state index contributed by atoms with van der Waals surface area (Å²) in [4.78, 5) is 11.7. The maximum Gasteiger partial charge on any atom is 0.239 e. The molecule has 1 aromatic carbocycles. The van der Waals surface area contributed by atoms with Crippen molar-refractivity contribution < 1.29 is 4.79 Å². The fourth-order valence-electron chi connectivity index (χ4n) is 1.53. The Bertz CT molecular complexity index is 418. The summed E-state index contributed by atoms with van der Waals surface area (Å²) in [6.45, 7) is 8.06. The molecule has 4 heteroatoms. The number of rotatable bonds is 4. The molecular weight excluding hydrogens is 248 g/mol. The first kappa shape index (κ1) is 15.0. The number of amides is 1.